The lowest BCUT2D eigenvalue weighted by Gasteiger charge is -1.61. The van der Waals surface area contributed by atoms with Gasteiger partial charge in [-0.05, 0) is 20.8 Å². The molecule has 0 radical (unpaired) electrons. The zero-order valence-corrected chi connectivity index (χ0v) is 8.40. The fourth-order valence-corrected chi connectivity index (χ4v) is 0. The van der Waals surface area contributed by atoms with E-state index in [0.717, 1.165) is 0 Å². The Morgan fingerprint density at radius 2 is 1.00 bits per heavy atom. The molecular weight excluding hydrogens is 178 g/mol. The Hall–Kier alpha value is -0.850. The molecular formula is C7H21NO5. The lowest BCUT2D eigenvalue weighted by Crippen LogP contribution is -2.03. The Morgan fingerprint density at radius 1 is 1.00 bits per heavy atom. The van der Waals surface area contributed by atoms with Gasteiger partial charge in [0, 0.05) is 19.8 Å². The normalized spacial score (nSPS) is 6.00. The number of hydrogen-bond donors (Lipinski definition) is 5. The Bertz CT molecular complexity index is 61.1. The molecule has 0 saturated carbocycles. The average Bonchev–Trinajstić information content (AvgIpc) is 1.88. The van der Waals surface area contributed by atoms with E-state index in [0.29, 0.717) is 0 Å². The molecule has 0 aromatic carbocycles. The van der Waals surface area contributed by atoms with Crippen LogP contribution in [-0.2, 0) is 0 Å². The third kappa shape index (κ3) is 1290. The van der Waals surface area contributed by atoms with Gasteiger partial charge in [0.05, 0.1) is 0 Å². The van der Waals surface area contributed by atoms with E-state index in [1.807, 2.05) is 0 Å². The van der Waals surface area contributed by atoms with Gasteiger partial charge in [0.25, 0.3) is 0 Å². The minimum atomic E-state index is -1.33. The van der Waals surface area contributed by atoms with E-state index in [2.05, 4.69) is 5.73 Å². The molecule has 0 rings (SSSR count). The predicted octanol–water partition coefficient (Wildman–Crippen LogP) is -0.381. The molecule has 6 nitrogen and oxygen atoms in total. The minimum Gasteiger partial charge on any atom is -0.465 e. The first-order valence-corrected chi connectivity index (χ1v) is 3.79. The number of carboxylic acid groups (broad SMARTS) is 1. The molecule has 1 amide bonds. The van der Waals surface area contributed by atoms with Crippen LogP contribution < -0.4 is 5.73 Å². The van der Waals surface area contributed by atoms with E-state index >= 15 is 0 Å². The van der Waals surface area contributed by atoms with Crippen molar-refractivity contribution in [2.45, 2.75) is 20.8 Å². The topological polar surface area (TPSA) is 124 Å². The summed E-state index contributed by atoms with van der Waals surface area (Å²) >= 11 is 0. The van der Waals surface area contributed by atoms with Crippen molar-refractivity contribution in [2.75, 3.05) is 19.8 Å². The van der Waals surface area contributed by atoms with Gasteiger partial charge < -0.3 is 26.2 Å². The third-order valence-corrected chi connectivity index (χ3v) is 0. The Balaban J connectivity index is -0.0000000420. The Labute approximate surface area is 78.6 Å². The smallest absolute Gasteiger partial charge is 0.402 e. The van der Waals surface area contributed by atoms with Crippen LogP contribution in [0, 0.1) is 0 Å². The molecule has 0 spiro atoms. The first-order valence-electron chi connectivity index (χ1n) is 3.79. The molecule has 6 N–H and O–H groups in total. The summed E-state index contributed by atoms with van der Waals surface area (Å²) in [6.07, 6.45) is -1.33. The van der Waals surface area contributed by atoms with E-state index in [1.165, 1.54) is 0 Å². The van der Waals surface area contributed by atoms with Gasteiger partial charge in [0.15, 0.2) is 0 Å². The summed E-state index contributed by atoms with van der Waals surface area (Å²) in [5, 5.41) is 29.9. The molecule has 0 aliphatic carbocycles. The average molecular weight is 199 g/mol. The lowest BCUT2D eigenvalue weighted by molar-refractivity contribution is 0.205. The van der Waals surface area contributed by atoms with Crippen LogP contribution in [0.4, 0.5) is 4.79 Å². The summed E-state index contributed by atoms with van der Waals surface area (Å²) in [5.41, 5.74) is 4.03. The van der Waals surface area contributed by atoms with Crippen molar-refractivity contribution in [1.82, 2.24) is 0 Å². The number of amides is 1. The number of aliphatic hydroxyl groups excluding tert-OH is 3. The summed E-state index contributed by atoms with van der Waals surface area (Å²) in [5.74, 6) is 0. The molecule has 13 heavy (non-hydrogen) atoms. The number of aliphatic hydroxyl groups is 3. The molecule has 84 valence electrons. The standard InChI is InChI=1S/3C2H6O.CH3NO2/c3*1-2-3;2-1(3)4/h3*3H,2H2,1H3;2H2,(H,3,4). The summed E-state index contributed by atoms with van der Waals surface area (Å²) in [7, 11) is 0. The molecule has 0 aliphatic heterocycles. The van der Waals surface area contributed by atoms with Gasteiger partial charge in [-0.15, -0.1) is 0 Å². The fraction of sp³-hybridized carbons (Fsp3) is 0.857. The van der Waals surface area contributed by atoms with Gasteiger partial charge in [0.1, 0.15) is 0 Å². The van der Waals surface area contributed by atoms with Crippen molar-refractivity contribution in [3.05, 3.63) is 0 Å². The summed E-state index contributed by atoms with van der Waals surface area (Å²) < 4.78 is 0. The highest BCUT2D eigenvalue weighted by molar-refractivity contribution is 5.61. The van der Waals surface area contributed by atoms with Crippen LogP contribution in [0.5, 0.6) is 0 Å². The molecule has 0 bridgehead atoms. The lowest BCUT2D eigenvalue weighted by atomic mass is 10.9. The van der Waals surface area contributed by atoms with Crippen molar-refractivity contribution < 1.29 is 25.2 Å². The van der Waals surface area contributed by atoms with Crippen molar-refractivity contribution in [1.29, 1.82) is 0 Å². The van der Waals surface area contributed by atoms with Crippen LogP contribution in [0.15, 0.2) is 0 Å². The van der Waals surface area contributed by atoms with Gasteiger partial charge in [-0.25, -0.2) is 4.79 Å². The monoisotopic (exact) mass is 199 g/mol. The molecule has 6 heteroatoms. The highest BCUT2D eigenvalue weighted by Gasteiger charge is 1.65. The van der Waals surface area contributed by atoms with E-state index in [9.17, 15) is 0 Å². The van der Waals surface area contributed by atoms with Crippen LogP contribution in [0.2, 0.25) is 0 Å². The molecule has 0 heterocycles. The van der Waals surface area contributed by atoms with Crippen molar-refractivity contribution in [3.8, 4) is 0 Å². The molecule has 0 aromatic heterocycles. The van der Waals surface area contributed by atoms with Gasteiger partial charge in [-0.2, -0.15) is 0 Å². The molecule has 0 saturated heterocycles. The van der Waals surface area contributed by atoms with Crippen molar-refractivity contribution >= 4 is 6.09 Å². The highest BCUT2D eigenvalue weighted by Crippen LogP contribution is 1.34. The zero-order chi connectivity index (χ0) is 11.7. The van der Waals surface area contributed by atoms with Gasteiger partial charge in [-0.1, -0.05) is 0 Å². The SMILES string of the molecule is CCO.CCO.CCO.NC(=O)O. The molecule has 0 aliphatic rings. The quantitative estimate of drug-likeness (QED) is 0.364. The van der Waals surface area contributed by atoms with Gasteiger partial charge in [0.2, 0.25) is 0 Å². The number of primary amides is 1. The fourth-order valence-electron chi connectivity index (χ4n) is 0. The predicted molar refractivity (Wildman–Crippen MR) is 50.5 cm³/mol. The van der Waals surface area contributed by atoms with Crippen LogP contribution in [0.1, 0.15) is 20.8 Å². The second-order valence-corrected chi connectivity index (χ2v) is 1.29. The van der Waals surface area contributed by atoms with Crippen molar-refractivity contribution in [2.24, 2.45) is 5.73 Å². The second-order valence-electron chi connectivity index (χ2n) is 1.29. The van der Waals surface area contributed by atoms with Crippen molar-refractivity contribution in [3.63, 3.8) is 0 Å². The number of hydrogen-bond acceptors (Lipinski definition) is 4. The number of nitrogens with two attached hydrogens (primary N) is 1. The zero-order valence-electron chi connectivity index (χ0n) is 8.40. The maximum absolute atomic E-state index is 8.78. The first kappa shape index (κ1) is 22.7. The second kappa shape index (κ2) is 43.3. The number of carbonyl (C=O) groups is 1. The summed E-state index contributed by atoms with van der Waals surface area (Å²) in [4.78, 5) is 8.78. The maximum Gasteiger partial charge on any atom is 0.402 e. The Kier molecular flexibility index (Phi) is 75.8. The minimum absolute atomic E-state index is 0.250. The van der Waals surface area contributed by atoms with Crippen LogP contribution >= 0.6 is 0 Å². The van der Waals surface area contributed by atoms with E-state index in [1.54, 1.807) is 20.8 Å². The van der Waals surface area contributed by atoms with E-state index in [4.69, 9.17) is 25.2 Å². The van der Waals surface area contributed by atoms with Crippen LogP contribution in [-0.4, -0.2) is 46.3 Å². The number of rotatable bonds is 0. The molecule has 0 unspecified atom stereocenters. The summed E-state index contributed by atoms with van der Waals surface area (Å²) in [6, 6.07) is 0. The molecule has 0 aromatic rings. The van der Waals surface area contributed by atoms with E-state index < -0.39 is 6.09 Å². The Morgan fingerprint density at radius 3 is 1.00 bits per heavy atom. The maximum atomic E-state index is 8.78. The summed E-state index contributed by atoms with van der Waals surface area (Å²) in [6.45, 7) is 5.79. The van der Waals surface area contributed by atoms with E-state index in [-0.39, 0.29) is 19.8 Å². The molecule has 0 atom stereocenters. The largest absolute Gasteiger partial charge is 0.465 e. The molecule has 0 fully saturated rings. The van der Waals surface area contributed by atoms with Crippen LogP contribution in [0.25, 0.3) is 0 Å². The third-order valence-electron chi connectivity index (χ3n) is 0. The highest BCUT2D eigenvalue weighted by atomic mass is 16.4. The van der Waals surface area contributed by atoms with Gasteiger partial charge in [-0.3, -0.25) is 0 Å². The van der Waals surface area contributed by atoms with Crippen LogP contribution in [0.3, 0.4) is 0 Å². The first-order chi connectivity index (χ1) is 5.97. The van der Waals surface area contributed by atoms with Gasteiger partial charge >= 0.3 is 6.09 Å².